The molecule has 0 bridgehead atoms. The molecule has 1 saturated carbocycles. The molecule has 47 heavy (non-hydrogen) atoms. The van der Waals surface area contributed by atoms with E-state index in [1.807, 2.05) is 30.3 Å². The third-order valence-electron chi connectivity index (χ3n) is 9.34. The number of phenols is 1. The minimum absolute atomic E-state index is 0.00334. The number of methoxy groups -OCH3 is 1. The third-order valence-corrected chi connectivity index (χ3v) is 11.4. The lowest BCUT2D eigenvalue weighted by Gasteiger charge is -2.39. The van der Waals surface area contributed by atoms with Gasteiger partial charge < -0.3 is 29.5 Å². The molecule has 1 aliphatic carbocycles. The molecule has 0 spiro atoms. The van der Waals surface area contributed by atoms with Crippen LogP contribution in [0.4, 0.5) is 11.8 Å². The molecule has 2 aromatic heterocycles. The van der Waals surface area contributed by atoms with Crippen LogP contribution in [-0.4, -0.2) is 96.0 Å². The summed E-state index contributed by atoms with van der Waals surface area (Å²) < 4.78 is 40.3. The van der Waals surface area contributed by atoms with E-state index in [4.69, 9.17) is 24.4 Å². The summed E-state index contributed by atoms with van der Waals surface area (Å²) in [7, 11) is -2.13. The number of nitrogens with zero attached hydrogens (tertiary/aromatic N) is 6. The monoisotopic (exact) mass is 660 g/mol. The number of ether oxygens (including phenoxy) is 2. The first-order valence-corrected chi connectivity index (χ1v) is 17.6. The van der Waals surface area contributed by atoms with Crippen molar-refractivity contribution in [3.05, 3.63) is 60.2 Å². The van der Waals surface area contributed by atoms with Gasteiger partial charge in [-0.15, -0.1) is 0 Å². The number of rotatable bonds is 9. The molecule has 0 amide bonds. The highest BCUT2D eigenvalue weighted by Crippen LogP contribution is 2.38. The van der Waals surface area contributed by atoms with Gasteiger partial charge in [0, 0.05) is 42.8 Å². The Labute approximate surface area is 274 Å². The molecule has 12 nitrogen and oxygen atoms in total. The number of piperidine rings is 1. The van der Waals surface area contributed by atoms with Crippen LogP contribution in [0.3, 0.4) is 0 Å². The van der Waals surface area contributed by atoms with Gasteiger partial charge in [-0.1, -0.05) is 0 Å². The molecule has 13 heteroatoms. The van der Waals surface area contributed by atoms with E-state index in [1.54, 1.807) is 11.4 Å². The van der Waals surface area contributed by atoms with Gasteiger partial charge in [-0.3, -0.25) is 0 Å². The number of fused-ring (bicyclic) bond motifs is 1. The number of aliphatic hydroxyl groups is 1. The van der Waals surface area contributed by atoms with Crippen LogP contribution >= 0.6 is 0 Å². The number of hydrogen-bond acceptors (Lipinski definition) is 11. The Hall–Kier alpha value is -4.04. The Morgan fingerprint density at radius 3 is 2.38 bits per heavy atom. The van der Waals surface area contributed by atoms with Crippen molar-refractivity contribution in [3.63, 3.8) is 0 Å². The van der Waals surface area contributed by atoms with Crippen LogP contribution in [0.5, 0.6) is 11.5 Å². The number of aliphatic hydroxyl groups excluding tert-OH is 1. The summed E-state index contributed by atoms with van der Waals surface area (Å²) in [5.74, 6) is 2.03. The summed E-state index contributed by atoms with van der Waals surface area (Å²) in [4.78, 5) is 19.7. The first-order chi connectivity index (χ1) is 22.8. The first kappa shape index (κ1) is 31.6. The number of aromatic hydroxyl groups is 1. The van der Waals surface area contributed by atoms with Gasteiger partial charge in [0.2, 0.25) is 16.0 Å². The first-order valence-electron chi connectivity index (χ1n) is 16.2. The maximum absolute atomic E-state index is 13.8. The number of sulfonamides is 1. The van der Waals surface area contributed by atoms with Gasteiger partial charge >= 0.3 is 0 Å². The standard InChI is InChI=1S/C34H40N6O6S/c1-22-21-46-18-17-39(22)33-29-10-11-30(23-3-12-31(45-2)24(19-23)20-41)35-32(29)36-34(37-33)38-15-13-26(14-16-38)40(25-4-5-25)47(43,44)28-8-6-27(42)7-9-28/h3,6-12,19,22,25-26,41-42H,4-5,13-18,20-21H2,1-2H3/t22-/m0/s1. The van der Waals surface area contributed by atoms with Crippen molar-refractivity contribution in [1.82, 2.24) is 19.3 Å². The average Bonchev–Trinajstić information content (AvgIpc) is 3.93. The van der Waals surface area contributed by atoms with Crippen LogP contribution < -0.4 is 14.5 Å². The third kappa shape index (κ3) is 6.20. The summed E-state index contributed by atoms with van der Waals surface area (Å²) in [6, 6.07) is 15.4. The van der Waals surface area contributed by atoms with Crippen LogP contribution in [0.15, 0.2) is 59.5 Å². The maximum Gasteiger partial charge on any atom is 0.243 e. The summed E-state index contributed by atoms with van der Waals surface area (Å²) in [6.07, 6.45) is 2.99. The number of morpholine rings is 1. The predicted octanol–water partition coefficient (Wildman–Crippen LogP) is 3.95. The Morgan fingerprint density at radius 1 is 0.957 bits per heavy atom. The lowest BCUT2D eigenvalue weighted by atomic mass is 10.1. The van der Waals surface area contributed by atoms with Crippen LogP contribution in [0, 0.1) is 0 Å². The van der Waals surface area contributed by atoms with Gasteiger partial charge in [0.05, 0.1) is 48.9 Å². The molecule has 2 N–H and O–H groups in total. The van der Waals surface area contributed by atoms with Crippen molar-refractivity contribution in [2.24, 2.45) is 0 Å². The van der Waals surface area contributed by atoms with Gasteiger partial charge in [-0.25, -0.2) is 13.4 Å². The van der Waals surface area contributed by atoms with Gasteiger partial charge in [-0.2, -0.15) is 14.3 Å². The smallest absolute Gasteiger partial charge is 0.243 e. The molecular weight excluding hydrogens is 620 g/mol. The second kappa shape index (κ2) is 12.9. The zero-order valence-corrected chi connectivity index (χ0v) is 27.4. The molecule has 2 aromatic carbocycles. The van der Waals surface area contributed by atoms with Gasteiger partial charge in [-0.05, 0) is 87.2 Å². The molecule has 7 rings (SSSR count). The van der Waals surface area contributed by atoms with Gasteiger partial charge in [0.1, 0.15) is 17.3 Å². The quantitative estimate of drug-likeness (QED) is 0.270. The van der Waals surface area contributed by atoms with E-state index in [1.165, 1.54) is 24.3 Å². The Bertz CT molecular complexity index is 1860. The fraction of sp³-hybridized carbons (Fsp3) is 0.441. The Kier molecular flexibility index (Phi) is 8.64. The second-order valence-corrected chi connectivity index (χ2v) is 14.3. The number of anilines is 2. The van der Waals surface area contributed by atoms with E-state index < -0.39 is 10.0 Å². The molecule has 1 atom stereocenters. The Morgan fingerprint density at radius 2 is 1.70 bits per heavy atom. The normalized spacial score (nSPS) is 19.4. The fourth-order valence-corrected chi connectivity index (χ4v) is 8.62. The highest BCUT2D eigenvalue weighted by atomic mass is 32.2. The summed E-state index contributed by atoms with van der Waals surface area (Å²) >= 11 is 0. The molecule has 2 saturated heterocycles. The van der Waals surface area contributed by atoms with Crippen LogP contribution in [0.2, 0.25) is 0 Å². The van der Waals surface area contributed by atoms with Crippen molar-refractivity contribution >= 4 is 32.8 Å². The summed E-state index contributed by atoms with van der Waals surface area (Å²) in [5.41, 5.74) is 2.81. The number of aromatic nitrogens is 3. The highest BCUT2D eigenvalue weighted by Gasteiger charge is 2.43. The van der Waals surface area contributed by atoms with E-state index in [2.05, 4.69) is 16.7 Å². The zero-order valence-electron chi connectivity index (χ0n) is 26.6. The molecule has 0 radical (unpaired) electrons. The van der Waals surface area contributed by atoms with Crippen molar-refractivity contribution in [3.8, 4) is 22.8 Å². The lowest BCUT2D eigenvalue weighted by Crippen LogP contribution is -2.49. The fourth-order valence-electron chi connectivity index (χ4n) is 6.69. The van der Waals surface area contributed by atoms with E-state index in [-0.39, 0.29) is 35.4 Å². The largest absolute Gasteiger partial charge is 0.508 e. The van der Waals surface area contributed by atoms with E-state index in [9.17, 15) is 18.6 Å². The average molecular weight is 661 g/mol. The van der Waals surface area contributed by atoms with E-state index in [0.717, 1.165) is 35.3 Å². The second-order valence-electron chi connectivity index (χ2n) is 12.5. The van der Waals surface area contributed by atoms with Crippen LogP contribution in [0.25, 0.3) is 22.3 Å². The number of benzene rings is 2. The molecule has 0 unspecified atom stereocenters. The molecule has 4 heterocycles. The number of pyridine rings is 1. The van der Waals surface area contributed by atoms with Crippen molar-refractivity contribution < 1.29 is 28.1 Å². The summed E-state index contributed by atoms with van der Waals surface area (Å²) in [5, 5.41) is 20.4. The molecule has 2 aliphatic heterocycles. The van der Waals surface area contributed by atoms with Crippen molar-refractivity contribution in [2.75, 3.05) is 49.8 Å². The van der Waals surface area contributed by atoms with E-state index >= 15 is 0 Å². The zero-order chi connectivity index (χ0) is 32.7. The lowest BCUT2D eigenvalue weighted by molar-refractivity contribution is 0.0987. The van der Waals surface area contributed by atoms with Gasteiger partial charge in [0.25, 0.3) is 0 Å². The number of hydrogen-bond donors (Lipinski definition) is 2. The minimum Gasteiger partial charge on any atom is -0.508 e. The Balaban J connectivity index is 1.20. The highest BCUT2D eigenvalue weighted by molar-refractivity contribution is 7.89. The van der Waals surface area contributed by atoms with Crippen LogP contribution in [0.1, 0.15) is 38.2 Å². The SMILES string of the molecule is COc1ccc(-c2ccc3c(N4CCOC[C@@H]4C)nc(N4CCC(N(C5CC5)S(=O)(=O)c5ccc(O)cc5)CC4)nc3n2)cc1CO. The molecular formula is C34H40N6O6S. The van der Waals surface area contributed by atoms with E-state index in [0.29, 0.717) is 68.6 Å². The number of phenolic OH excluding ortho intramolecular Hbond substituents is 1. The van der Waals surface area contributed by atoms with Crippen LogP contribution in [-0.2, 0) is 21.4 Å². The predicted molar refractivity (Wildman–Crippen MR) is 178 cm³/mol. The van der Waals surface area contributed by atoms with Crippen molar-refractivity contribution in [1.29, 1.82) is 0 Å². The maximum atomic E-state index is 13.8. The molecule has 3 fully saturated rings. The molecule has 4 aromatic rings. The molecule has 248 valence electrons. The molecule has 3 aliphatic rings. The van der Waals surface area contributed by atoms with Crippen molar-refractivity contribution in [2.45, 2.75) is 62.2 Å². The summed E-state index contributed by atoms with van der Waals surface area (Å²) in [6.45, 7) is 5.06. The topological polar surface area (TPSA) is 141 Å². The minimum atomic E-state index is -3.71. The van der Waals surface area contributed by atoms with Gasteiger partial charge in [0.15, 0.2) is 5.65 Å².